The minimum Gasteiger partial charge on any atom is -0.335 e. The van der Waals surface area contributed by atoms with Crippen molar-refractivity contribution < 1.29 is 18.0 Å². The first kappa shape index (κ1) is 25.0. The van der Waals surface area contributed by atoms with Gasteiger partial charge in [-0.1, -0.05) is 18.2 Å². The Hall–Kier alpha value is -3.28. The SMILES string of the molecule is O=C(c1ccc2c(c1)CCCN2S(=O)(=O)c1ccccc1)N1CC(N2CCN(C(=O)c3nccs3)CC2)C1. The monoisotopic (exact) mass is 551 g/mol. The Morgan fingerprint density at radius 3 is 2.37 bits per heavy atom. The number of rotatable bonds is 5. The molecule has 2 amide bonds. The van der Waals surface area contributed by atoms with Crippen molar-refractivity contribution in [3.8, 4) is 0 Å². The van der Waals surface area contributed by atoms with Gasteiger partial charge in [0.1, 0.15) is 0 Å². The second-order valence-electron chi connectivity index (χ2n) is 9.87. The number of hydrogen-bond donors (Lipinski definition) is 0. The molecule has 1 aromatic heterocycles. The summed E-state index contributed by atoms with van der Waals surface area (Å²) in [6.45, 7) is 4.64. The molecular formula is C27H29N5O4S2. The molecule has 4 heterocycles. The Morgan fingerprint density at radius 1 is 0.895 bits per heavy atom. The fourth-order valence-corrected chi connectivity index (χ4v) is 7.62. The molecule has 0 N–H and O–H groups in total. The van der Waals surface area contributed by atoms with Crippen LogP contribution in [0, 0.1) is 0 Å². The van der Waals surface area contributed by atoms with Crippen molar-refractivity contribution in [2.45, 2.75) is 23.8 Å². The zero-order valence-electron chi connectivity index (χ0n) is 20.9. The minimum atomic E-state index is -3.66. The molecule has 0 bridgehead atoms. The maximum absolute atomic E-state index is 13.3. The van der Waals surface area contributed by atoms with E-state index in [2.05, 4.69) is 9.88 Å². The van der Waals surface area contributed by atoms with Gasteiger partial charge in [-0.05, 0) is 48.7 Å². The summed E-state index contributed by atoms with van der Waals surface area (Å²) < 4.78 is 28.0. The van der Waals surface area contributed by atoms with Crippen LogP contribution >= 0.6 is 11.3 Å². The van der Waals surface area contributed by atoms with Gasteiger partial charge in [0, 0.05) is 69.0 Å². The van der Waals surface area contributed by atoms with E-state index >= 15 is 0 Å². The molecule has 0 saturated carbocycles. The summed E-state index contributed by atoms with van der Waals surface area (Å²) in [5, 5.41) is 2.35. The van der Waals surface area contributed by atoms with Crippen LogP contribution in [0.3, 0.4) is 0 Å². The summed E-state index contributed by atoms with van der Waals surface area (Å²) in [6.07, 6.45) is 3.10. The van der Waals surface area contributed by atoms with Crippen molar-refractivity contribution in [2.75, 3.05) is 50.1 Å². The lowest BCUT2D eigenvalue weighted by Crippen LogP contribution is -2.64. The van der Waals surface area contributed by atoms with Gasteiger partial charge in [-0.2, -0.15) is 0 Å². The molecule has 0 aliphatic carbocycles. The highest BCUT2D eigenvalue weighted by Gasteiger charge is 2.38. The number of carbonyl (C=O) groups excluding carboxylic acids is 2. The summed E-state index contributed by atoms with van der Waals surface area (Å²) in [7, 11) is -3.66. The molecule has 0 atom stereocenters. The average molecular weight is 552 g/mol. The molecule has 198 valence electrons. The number of aryl methyl sites for hydroxylation is 1. The molecule has 3 aromatic rings. The van der Waals surface area contributed by atoms with Gasteiger partial charge in [0.15, 0.2) is 5.01 Å². The van der Waals surface area contributed by atoms with E-state index in [0.717, 1.165) is 25.1 Å². The maximum Gasteiger partial charge on any atom is 0.282 e. The average Bonchev–Trinajstić information content (AvgIpc) is 3.47. The standard InChI is InChI=1S/C27H29N5O4S2/c33-26(31-18-22(19-31)29-12-14-30(15-13-29)27(34)25-28-10-16-37-25)21-8-9-24-20(17-21)5-4-11-32(24)38(35,36)23-6-2-1-3-7-23/h1-3,6-10,16-17,22H,4-5,11-15,18-19H2. The van der Waals surface area contributed by atoms with Crippen molar-refractivity contribution in [3.63, 3.8) is 0 Å². The molecule has 0 radical (unpaired) electrons. The second-order valence-corrected chi connectivity index (χ2v) is 12.6. The Labute approximate surface area is 226 Å². The van der Waals surface area contributed by atoms with Crippen LogP contribution in [0.2, 0.25) is 0 Å². The third-order valence-electron chi connectivity index (χ3n) is 7.62. The van der Waals surface area contributed by atoms with E-state index in [1.165, 1.54) is 15.6 Å². The smallest absolute Gasteiger partial charge is 0.282 e. The van der Waals surface area contributed by atoms with Crippen LogP contribution in [-0.2, 0) is 16.4 Å². The van der Waals surface area contributed by atoms with Crippen LogP contribution in [0.4, 0.5) is 5.69 Å². The minimum absolute atomic E-state index is 0.00684. The number of sulfonamides is 1. The van der Waals surface area contributed by atoms with Crippen LogP contribution < -0.4 is 4.31 Å². The van der Waals surface area contributed by atoms with Gasteiger partial charge in [0.2, 0.25) is 0 Å². The Bertz CT molecular complexity index is 1430. The first-order chi connectivity index (χ1) is 18.4. The fourth-order valence-electron chi connectivity index (χ4n) is 5.45. The van der Waals surface area contributed by atoms with Gasteiger partial charge in [0.25, 0.3) is 21.8 Å². The molecule has 0 unspecified atom stereocenters. The van der Waals surface area contributed by atoms with E-state index < -0.39 is 10.0 Å². The predicted molar refractivity (Wildman–Crippen MR) is 145 cm³/mol. The van der Waals surface area contributed by atoms with Crippen molar-refractivity contribution in [1.82, 2.24) is 19.7 Å². The maximum atomic E-state index is 13.3. The highest BCUT2D eigenvalue weighted by atomic mass is 32.2. The molecule has 2 aromatic carbocycles. The van der Waals surface area contributed by atoms with E-state index in [4.69, 9.17) is 0 Å². The summed E-state index contributed by atoms with van der Waals surface area (Å²) in [5.41, 5.74) is 2.14. The first-order valence-electron chi connectivity index (χ1n) is 12.8. The van der Waals surface area contributed by atoms with Crippen LogP contribution in [-0.4, -0.2) is 91.8 Å². The topological polar surface area (TPSA) is 94.1 Å². The highest BCUT2D eigenvalue weighted by molar-refractivity contribution is 7.92. The molecule has 2 fully saturated rings. The van der Waals surface area contributed by atoms with Gasteiger partial charge in [0.05, 0.1) is 10.6 Å². The molecule has 9 nitrogen and oxygen atoms in total. The number of hydrogen-bond acceptors (Lipinski definition) is 7. The largest absolute Gasteiger partial charge is 0.335 e. The number of carbonyl (C=O) groups is 2. The lowest BCUT2D eigenvalue weighted by atomic mass is 9.98. The number of anilines is 1. The summed E-state index contributed by atoms with van der Waals surface area (Å²) >= 11 is 1.36. The number of likely N-dealkylation sites (tertiary alicyclic amines) is 1. The normalized spacial score (nSPS) is 18.7. The van der Waals surface area contributed by atoms with Crippen molar-refractivity contribution in [2.24, 2.45) is 0 Å². The van der Waals surface area contributed by atoms with Crippen LogP contribution in [0.5, 0.6) is 0 Å². The Kier molecular flexibility index (Phi) is 6.67. The molecule has 2 saturated heterocycles. The third kappa shape index (κ3) is 4.59. The molecule has 3 aliphatic heterocycles. The van der Waals surface area contributed by atoms with Gasteiger partial charge in [-0.3, -0.25) is 18.8 Å². The number of aromatic nitrogens is 1. The van der Waals surface area contributed by atoms with Crippen molar-refractivity contribution in [3.05, 3.63) is 76.2 Å². The zero-order valence-corrected chi connectivity index (χ0v) is 22.5. The quantitative estimate of drug-likeness (QED) is 0.484. The number of nitrogens with zero attached hydrogens (tertiary/aromatic N) is 5. The molecule has 11 heteroatoms. The number of benzene rings is 2. The summed E-state index contributed by atoms with van der Waals surface area (Å²) in [4.78, 5) is 36.2. The Balaban J connectivity index is 1.07. The van der Waals surface area contributed by atoms with Crippen LogP contribution in [0.25, 0.3) is 0 Å². The van der Waals surface area contributed by atoms with Crippen molar-refractivity contribution in [1.29, 1.82) is 0 Å². The first-order valence-corrected chi connectivity index (χ1v) is 15.2. The molecule has 6 rings (SSSR count). The number of amides is 2. The van der Waals surface area contributed by atoms with Gasteiger partial charge in [-0.15, -0.1) is 11.3 Å². The van der Waals surface area contributed by atoms with Crippen LogP contribution in [0.1, 0.15) is 32.1 Å². The third-order valence-corrected chi connectivity index (χ3v) is 10.2. The molecule has 38 heavy (non-hydrogen) atoms. The van der Waals surface area contributed by atoms with E-state index in [0.29, 0.717) is 61.4 Å². The zero-order chi connectivity index (χ0) is 26.3. The molecular weight excluding hydrogens is 522 g/mol. The second kappa shape index (κ2) is 10.1. The van der Waals surface area contributed by atoms with Gasteiger partial charge in [-0.25, -0.2) is 13.4 Å². The van der Waals surface area contributed by atoms with Gasteiger partial charge < -0.3 is 9.80 Å². The van der Waals surface area contributed by atoms with E-state index in [1.54, 1.807) is 48.7 Å². The van der Waals surface area contributed by atoms with Gasteiger partial charge >= 0.3 is 0 Å². The summed E-state index contributed by atoms with van der Waals surface area (Å²) in [6, 6.07) is 14.1. The fraction of sp³-hybridized carbons (Fsp3) is 0.370. The number of thiazole rings is 1. The van der Waals surface area contributed by atoms with Crippen molar-refractivity contribution >= 4 is 38.9 Å². The van der Waals surface area contributed by atoms with Crippen LogP contribution in [0.15, 0.2) is 65.0 Å². The lowest BCUT2D eigenvalue weighted by Gasteiger charge is -2.48. The summed E-state index contributed by atoms with van der Waals surface area (Å²) in [5.74, 6) is -0.0303. The van der Waals surface area contributed by atoms with E-state index in [1.807, 2.05) is 21.2 Å². The number of fused-ring (bicyclic) bond motifs is 1. The predicted octanol–water partition coefficient (Wildman–Crippen LogP) is 2.57. The Morgan fingerprint density at radius 2 is 1.66 bits per heavy atom. The van der Waals surface area contributed by atoms with E-state index in [-0.39, 0.29) is 16.7 Å². The number of piperazine rings is 1. The molecule has 0 spiro atoms. The van der Waals surface area contributed by atoms with E-state index in [9.17, 15) is 18.0 Å². The molecule has 3 aliphatic rings. The lowest BCUT2D eigenvalue weighted by molar-refractivity contribution is 0.00852. The highest BCUT2D eigenvalue weighted by Crippen LogP contribution is 2.33.